The van der Waals surface area contributed by atoms with Gasteiger partial charge in [-0.05, 0) is 26.7 Å². The van der Waals surface area contributed by atoms with Crippen molar-refractivity contribution in [3.8, 4) is 0 Å². The molecule has 2 rings (SSSR count). The second-order valence-electron chi connectivity index (χ2n) is 6.43. The van der Waals surface area contributed by atoms with E-state index in [0.717, 1.165) is 6.29 Å². The highest BCUT2D eigenvalue weighted by Crippen LogP contribution is 2.71. The Balaban J connectivity index is 2.59. The van der Waals surface area contributed by atoms with Gasteiger partial charge in [0.2, 0.25) is 0 Å². The van der Waals surface area contributed by atoms with Gasteiger partial charge in [-0.25, -0.2) is 0 Å². The number of fused-ring (bicyclic) bond motifs is 2. The number of hydrogen-bond donors (Lipinski definition) is 0. The quantitative estimate of drug-likeness (QED) is 0.447. The molecule has 0 aromatic rings. The predicted molar refractivity (Wildman–Crippen MR) is 73.4 cm³/mol. The molecule has 2 aliphatic carbocycles. The topological polar surface area (TPSA) is 43.4 Å². The van der Waals surface area contributed by atoms with E-state index in [1.807, 2.05) is 6.92 Å². The van der Waals surface area contributed by atoms with Crippen LogP contribution in [0.3, 0.4) is 0 Å². The number of aldehydes is 1. The highest BCUT2D eigenvalue weighted by molar-refractivity contribution is 5.82. The molecule has 0 aliphatic heterocycles. The Bertz CT molecular complexity index is 465. The molecule has 2 bridgehead atoms. The van der Waals surface area contributed by atoms with Crippen molar-refractivity contribution in [1.82, 2.24) is 0 Å². The lowest BCUT2D eigenvalue weighted by Crippen LogP contribution is -2.40. The van der Waals surface area contributed by atoms with Crippen LogP contribution in [-0.2, 0) is 14.3 Å². The molecule has 4 unspecified atom stereocenters. The average molecular weight is 264 g/mol. The molecular formula is C16H24O3. The third kappa shape index (κ3) is 1.39. The van der Waals surface area contributed by atoms with Crippen molar-refractivity contribution < 1.29 is 14.3 Å². The Morgan fingerprint density at radius 2 is 1.79 bits per heavy atom. The van der Waals surface area contributed by atoms with Gasteiger partial charge in [0, 0.05) is 16.7 Å². The van der Waals surface area contributed by atoms with Gasteiger partial charge in [-0.2, -0.15) is 0 Å². The number of hydrogen-bond acceptors (Lipinski definition) is 3. The summed E-state index contributed by atoms with van der Waals surface area (Å²) in [5.41, 5.74) is 2.08. The molecule has 5 atom stereocenters. The number of esters is 1. The maximum Gasteiger partial charge on any atom is 0.310 e. The monoisotopic (exact) mass is 264 g/mol. The summed E-state index contributed by atoms with van der Waals surface area (Å²) in [6.45, 7) is 12.8. The Morgan fingerprint density at radius 1 is 1.26 bits per heavy atom. The van der Waals surface area contributed by atoms with E-state index in [2.05, 4.69) is 34.6 Å². The second kappa shape index (κ2) is 4.19. The average Bonchev–Trinajstić information content (AvgIpc) is 2.63. The molecule has 0 N–H and O–H groups in total. The minimum atomic E-state index is -0.339. The van der Waals surface area contributed by atoms with Crippen molar-refractivity contribution in [3.63, 3.8) is 0 Å². The Morgan fingerprint density at radius 3 is 2.26 bits per heavy atom. The Kier molecular flexibility index (Phi) is 3.15. The normalized spacial score (nSPS) is 44.6. The zero-order valence-corrected chi connectivity index (χ0v) is 12.7. The van der Waals surface area contributed by atoms with Gasteiger partial charge in [0.1, 0.15) is 6.29 Å². The van der Waals surface area contributed by atoms with Crippen LogP contribution in [0.4, 0.5) is 0 Å². The van der Waals surface area contributed by atoms with E-state index in [-0.39, 0.29) is 34.6 Å². The fourth-order valence-electron chi connectivity index (χ4n) is 4.68. The first-order chi connectivity index (χ1) is 8.77. The summed E-state index contributed by atoms with van der Waals surface area (Å²) in [4.78, 5) is 24.0. The molecule has 1 saturated carbocycles. The molecule has 0 heterocycles. The van der Waals surface area contributed by atoms with Crippen molar-refractivity contribution in [2.45, 2.75) is 41.5 Å². The highest BCUT2D eigenvalue weighted by atomic mass is 16.5. The van der Waals surface area contributed by atoms with Gasteiger partial charge >= 0.3 is 5.97 Å². The zero-order chi connectivity index (χ0) is 14.6. The van der Waals surface area contributed by atoms with Crippen LogP contribution < -0.4 is 0 Å². The van der Waals surface area contributed by atoms with Crippen LogP contribution in [0.15, 0.2) is 11.1 Å². The molecule has 3 nitrogen and oxygen atoms in total. The molecule has 106 valence electrons. The van der Waals surface area contributed by atoms with E-state index in [1.54, 1.807) is 0 Å². The van der Waals surface area contributed by atoms with Gasteiger partial charge in [-0.15, -0.1) is 0 Å². The fourth-order valence-corrected chi connectivity index (χ4v) is 4.68. The molecule has 2 aliphatic rings. The van der Waals surface area contributed by atoms with Crippen molar-refractivity contribution in [3.05, 3.63) is 11.1 Å². The Hall–Kier alpha value is -1.12. The summed E-state index contributed by atoms with van der Waals surface area (Å²) in [7, 11) is 0. The number of rotatable bonds is 3. The van der Waals surface area contributed by atoms with E-state index in [1.165, 1.54) is 11.1 Å². The lowest BCUT2D eigenvalue weighted by Gasteiger charge is -2.37. The summed E-state index contributed by atoms with van der Waals surface area (Å²) >= 11 is 0. The van der Waals surface area contributed by atoms with Crippen molar-refractivity contribution in [1.29, 1.82) is 0 Å². The predicted octanol–water partition coefficient (Wildman–Crippen LogP) is 2.99. The van der Waals surface area contributed by atoms with Crippen LogP contribution in [0, 0.1) is 28.6 Å². The van der Waals surface area contributed by atoms with Crippen molar-refractivity contribution in [2.24, 2.45) is 28.6 Å². The Labute approximate surface area is 115 Å². The van der Waals surface area contributed by atoms with Gasteiger partial charge in [0.25, 0.3) is 0 Å². The minimum Gasteiger partial charge on any atom is -0.466 e. The van der Waals surface area contributed by atoms with E-state index in [0.29, 0.717) is 6.61 Å². The lowest BCUT2D eigenvalue weighted by atomic mass is 9.66. The first-order valence-electron chi connectivity index (χ1n) is 7.08. The lowest BCUT2D eigenvalue weighted by molar-refractivity contribution is -0.154. The summed E-state index contributed by atoms with van der Waals surface area (Å²) in [6, 6.07) is 0. The molecule has 1 fully saturated rings. The first kappa shape index (κ1) is 14.3. The van der Waals surface area contributed by atoms with Crippen LogP contribution in [0.2, 0.25) is 0 Å². The van der Waals surface area contributed by atoms with E-state index >= 15 is 0 Å². The van der Waals surface area contributed by atoms with Gasteiger partial charge < -0.3 is 9.53 Å². The SMILES string of the molecule is CCOC(=O)C1C(C=O)[C@@]2(C)C(C)=C(C)C1(C)C2C. The maximum atomic E-state index is 12.3. The number of ether oxygens (including phenoxy) is 1. The number of carbonyl (C=O) groups is 2. The molecule has 3 heteroatoms. The highest BCUT2D eigenvalue weighted by Gasteiger charge is 2.70. The van der Waals surface area contributed by atoms with Crippen LogP contribution in [0.5, 0.6) is 0 Å². The van der Waals surface area contributed by atoms with Gasteiger partial charge in [0.05, 0.1) is 12.5 Å². The molecular weight excluding hydrogens is 240 g/mol. The van der Waals surface area contributed by atoms with Crippen molar-refractivity contribution in [2.75, 3.05) is 6.61 Å². The third-order valence-electron chi connectivity index (χ3n) is 6.36. The van der Waals surface area contributed by atoms with Crippen LogP contribution in [-0.4, -0.2) is 18.9 Å². The van der Waals surface area contributed by atoms with Crippen molar-refractivity contribution >= 4 is 12.3 Å². The molecule has 19 heavy (non-hydrogen) atoms. The zero-order valence-electron chi connectivity index (χ0n) is 12.7. The first-order valence-corrected chi connectivity index (χ1v) is 7.08. The summed E-state index contributed by atoms with van der Waals surface area (Å²) < 4.78 is 5.23. The van der Waals surface area contributed by atoms with Crippen LogP contribution >= 0.6 is 0 Å². The van der Waals surface area contributed by atoms with Gasteiger partial charge in [-0.1, -0.05) is 31.9 Å². The van der Waals surface area contributed by atoms with E-state index in [4.69, 9.17) is 4.74 Å². The van der Waals surface area contributed by atoms with E-state index in [9.17, 15) is 9.59 Å². The minimum absolute atomic E-state index is 0.210. The molecule has 0 aromatic heterocycles. The smallest absolute Gasteiger partial charge is 0.310 e. The van der Waals surface area contributed by atoms with Crippen LogP contribution in [0.1, 0.15) is 41.5 Å². The fraction of sp³-hybridized carbons (Fsp3) is 0.750. The largest absolute Gasteiger partial charge is 0.466 e. The summed E-state index contributed by atoms with van der Waals surface area (Å²) in [5, 5.41) is 0. The second-order valence-corrected chi connectivity index (χ2v) is 6.43. The molecule has 0 saturated heterocycles. The molecule has 0 spiro atoms. The number of allylic oxidation sites excluding steroid dienone is 2. The third-order valence-corrected chi connectivity index (χ3v) is 6.36. The maximum absolute atomic E-state index is 12.3. The van der Waals surface area contributed by atoms with E-state index < -0.39 is 0 Å². The molecule has 0 radical (unpaired) electrons. The summed E-state index contributed by atoms with van der Waals surface area (Å²) in [5.74, 6) is -0.543. The van der Waals surface area contributed by atoms with Gasteiger partial charge in [0.15, 0.2) is 0 Å². The molecule has 0 amide bonds. The summed E-state index contributed by atoms with van der Waals surface area (Å²) in [6.07, 6.45) is 0.972. The van der Waals surface area contributed by atoms with Crippen LogP contribution in [0.25, 0.3) is 0 Å². The standard InChI is InChI=1S/C16H24O3/c1-7-19-14(18)13-12(8-17)15(5)9(2)10(3)16(13,6)11(15)4/h8,11-13H,7H2,1-6H3/t11?,12?,13?,15-,16?/m0/s1. The molecule has 0 aromatic carbocycles. The number of carbonyl (C=O) groups excluding carboxylic acids is 2. The van der Waals surface area contributed by atoms with Gasteiger partial charge in [-0.3, -0.25) is 4.79 Å².